The number of likely N-dealkylation sites (tertiary alicyclic amines) is 1. The first-order chi connectivity index (χ1) is 7.75. The molecule has 2 N–H and O–H groups in total. The smallest absolute Gasteiger partial charge is 0.407 e. The first-order valence-electron chi connectivity index (χ1n) is 5.38. The number of carboxylic acid groups (broad SMARTS) is 1. The van der Waals surface area contributed by atoms with Gasteiger partial charge in [0.25, 0.3) is 0 Å². The Morgan fingerprint density at radius 2 is 2.38 bits per heavy atom. The maximum Gasteiger partial charge on any atom is 0.407 e. The first kappa shape index (κ1) is 10.8. The Labute approximate surface area is 93.2 Å². The monoisotopic (exact) mass is 225 g/mol. The molecule has 1 fully saturated rings. The largest absolute Gasteiger partial charge is 0.465 e. The SMILES string of the molecule is O=C(O)N1CCC(CNc2ccon2)CC1. The molecule has 0 atom stereocenters. The topological polar surface area (TPSA) is 78.6 Å². The zero-order valence-electron chi connectivity index (χ0n) is 8.93. The molecule has 1 saturated heterocycles. The van der Waals surface area contributed by atoms with Gasteiger partial charge in [-0.25, -0.2) is 4.79 Å². The molecule has 1 amide bonds. The van der Waals surface area contributed by atoms with Crippen LogP contribution < -0.4 is 5.32 Å². The molecular weight excluding hydrogens is 210 g/mol. The molecule has 6 nitrogen and oxygen atoms in total. The molecule has 1 aliphatic heterocycles. The lowest BCUT2D eigenvalue weighted by atomic mass is 9.97. The van der Waals surface area contributed by atoms with Crippen LogP contribution in [0.4, 0.5) is 10.6 Å². The summed E-state index contributed by atoms with van der Waals surface area (Å²) in [6.45, 7) is 2.07. The van der Waals surface area contributed by atoms with Crippen molar-refractivity contribution in [3.8, 4) is 0 Å². The summed E-state index contributed by atoms with van der Waals surface area (Å²) in [4.78, 5) is 12.2. The summed E-state index contributed by atoms with van der Waals surface area (Å²) < 4.78 is 4.70. The van der Waals surface area contributed by atoms with Crippen molar-refractivity contribution in [1.82, 2.24) is 10.1 Å². The predicted molar refractivity (Wildman–Crippen MR) is 57.3 cm³/mol. The summed E-state index contributed by atoms with van der Waals surface area (Å²) in [5.41, 5.74) is 0. The molecule has 1 aliphatic rings. The van der Waals surface area contributed by atoms with E-state index in [1.165, 1.54) is 11.2 Å². The van der Waals surface area contributed by atoms with Crippen LogP contribution in [0.2, 0.25) is 0 Å². The second-order valence-electron chi connectivity index (χ2n) is 3.98. The summed E-state index contributed by atoms with van der Waals surface area (Å²) in [6, 6.07) is 1.77. The van der Waals surface area contributed by atoms with Crippen LogP contribution in [0.25, 0.3) is 0 Å². The van der Waals surface area contributed by atoms with Gasteiger partial charge in [0.2, 0.25) is 0 Å². The third kappa shape index (κ3) is 2.65. The van der Waals surface area contributed by atoms with E-state index in [1.807, 2.05) is 0 Å². The zero-order valence-corrected chi connectivity index (χ0v) is 8.93. The lowest BCUT2D eigenvalue weighted by molar-refractivity contribution is 0.126. The third-order valence-electron chi connectivity index (χ3n) is 2.89. The lowest BCUT2D eigenvalue weighted by Gasteiger charge is -2.29. The Bertz CT molecular complexity index is 331. The number of nitrogens with one attached hydrogen (secondary N) is 1. The van der Waals surface area contributed by atoms with Gasteiger partial charge in [-0.1, -0.05) is 5.16 Å². The standard InChI is InChI=1S/C10H15N3O3/c14-10(15)13-4-1-8(2-5-13)7-11-9-3-6-16-12-9/h3,6,8H,1-2,4-5,7H2,(H,11,12)(H,14,15). The van der Waals surface area contributed by atoms with Crippen LogP contribution in [0.15, 0.2) is 16.9 Å². The van der Waals surface area contributed by atoms with Crippen molar-refractivity contribution in [3.63, 3.8) is 0 Å². The van der Waals surface area contributed by atoms with Crippen LogP contribution in [0.5, 0.6) is 0 Å². The molecule has 2 heterocycles. The van der Waals surface area contributed by atoms with E-state index >= 15 is 0 Å². The minimum atomic E-state index is -0.817. The Morgan fingerprint density at radius 1 is 1.62 bits per heavy atom. The van der Waals surface area contributed by atoms with E-state index in [4.69, 9.17) is 9.63 Å². The fourth-order valence-corrected chi connectivity index (χ4v) is 1.88. The van der Waals surface area contributed by atoms with Crippen LogP contribution in [0.3, 0.4) is 0 Å². The molecule has 88 valence electrons. The fourth-order valence-electron chi connectivity index (χ4n) is 1.88. The van der Waals surface area contributed by atoms with E-state index in [9.17, 15) is 4.79 Å². The Balaban J connectivity index is 1.71. The normalized spacial score (nSPS) is 17.4. The van der Waals surface area contributed by atoms with Crippen LogP contribution >= 0.6 is 0 Å². The van der Waals surface area contributed by atoms with Crippen LogP contribution in [0, 0.1) is 5.92 Å². The predicted octanol–water partition coefficient (Wildman–Crippen LogP) is 1.48. The third-order valence-corrected chi connectivity index (χ3v) is 2.89. The average molecular weight is 225 g/mol. The number of nitrogens with zero attached hydrogens (tertiary/aromatic N) is 2. The van der Waals surface area contributed by atoms with E-state index in [-0.39, 0.29) is 0 Å². The van der Waals surface area contributed by atoms with E-state index in [0.717, 1.165) is 25.2 Å². The molecule has 0 unspecified atom stereocenters. The van der Waals surface area contributed by atoms with Gasteiger partial charge in [-0.3, -0.25) is 0 Å². The average Bonchev–Trinajstić information content (AvgIpc) is 2.80. The van der Waals surface area contributed by atoms with Gasteiger partial charge >= 0.3 is 6.09 Å². The van der Waals surface area contributed by atoms with Gasteiger partial charge < -0.3 is 19.8 Å². The van der Waals surface area contributed by atoms with Crippen LogP contribution in [-0.4, -0.2) is 40.9 Å². The maximum atomic E-state index is 10.7. The summed E-state index contributed by atoms with van der Waals surface area (Å²) in [5.74, 6) is 1.24. The van der Waals surface area contributed by atoms with Crippen molar-refractivity contribution in [1.29, 1.82) is 0 Å². The van der Waals surface area contributed by atoms with Gasteiger partial charge in [0.1, 0.15) is 6.26 Å². The molecule has 1 aromatic heterocycles. The minimum absolute atomic E-state index is 0.507. The van der Waals surface area contributed by atoms with Gasteiger partial charge in [0.15, 0.2) is 5.82 Å². The van der Waals surface area contributed by atoms with Crippen molar-refractivity contribution >= 4 is 11.9 Å². The molecule has 6 heteroatoms. The molecular formula is C10H15N3O3. The van der Waals surface area contributed by atoms with Crippen molar-refractivity contribution in [2.45, 2.75) is 12.8 Å². The van der Waals surface area contributed by atoms with E-state index in [2.05, 4.69) is 10.5 Å². The summed E-state index contributed by atoms with van der Waals surface area (Å²) >= 11 is 0. The minimum Gasteiger partial charge on any atom is -0.465 e. The number of amides is 1. The van der Waals surface area contributed by atoms with E-state index in [0.29, 0.717) is 19.0 Å². The van der Waals surface area contributed by atoms with Crippen molar-refractivity contribution in [3.05, 3.63) is 12.3 Å². The highest BCUT2D eigenvalue weighted by Crippen LogP contribution is 2.17. The molecule has 0 radical (unpaired) electrons. The maximum absolute atomic E-state index is 10.7. The highest BCUT2D eigenvalue weighted by molar-refractivity contribution is 5.64. The number of hydrogen-bond acceptors (Lipinski definition) is 4. The molecule has 0 bridgehead atoms. The molecule has 0 saturated carbocycles. The molecule has 0 spiro atoms. The highest BCUT2D eigenvalue weighted by atomic mass is 16.5. The Hall–Kier alpha value is -1.72. The van der Waals surface area contributed by atoms with E-state index in [1.54, 1.807) is 6.07 Å². The molecule has 1 aromatic rings. The van der Waals surface area contributed by atoms with E-state index < -0.39 is 6.09 Å². The van der Waals surface area contributed by atoms with Gasteiger partial charge in [-0.15, -0.1) is 0 Å². The van der Waals surface area contributed by atoms with Crippen molar-refractivity contribution in [2.24, 2.45) is 5.92 Å². The number of hydrogen-bond donors (Lipinski definition) is 2. The van der Waals surface area contributed by atoms with Crippen LogP contribution in [-0.2, 0) is 0 Å². The molecule has 16 heavy (non-hydrogen) atoms. The number of aromatic nitrogens is 1. The summed E-state index contributed by atoms with van der Waals surface area (Å²) in [7, 11) is 0. The Morgan fingerprint density at radius 3 is 2.94 bits per heavy atom. The van der Waals surface area contributed by atoms with Gasteiger partial charge in [-0.05, 0) is 18.8 Å². The number of carbonyl (C=O) groups is 1. The summed E-state index contributed by atoms with van der Waals surface area (Å²) in [6.07, 6.45) is 2.51. The molecule has 0 aliphatic carbocycles. The number of rotatable bonds is 3. The number of piperidine rings is 1. The second kappa shape index (κ2) is 4.87. The van der Waals surface area contributed by atoms with Gasteiger partial charge in [-0.2, -0.15) is 0 Å². The number of anilines is 1. The molecule has 2 rings (SSSR count). The quantitative estimate of drug-likeness (QED) is 0.814. The van der Waals surface area contributed by atoms with Crippen LogP contribution in [0.1, 0.15) is 12.8 Å². The molecule has 0 aromatic carbocycles. The Kier molecular flexibility index (Phi) is 3.28. The van der Waals surface area contributed by atoms with Crippen molar-refractivity contribution < 1.29 is 14.4 Å². The fraction of sp³-hybridized carbons (Fsp3) is 0.600. The second-order valence-corrected chi connectivity index (χ2v) is 3.98. The van der Waals surface area contributed by atoms with Gasteiger partial charge in [0, 0.05) is 25.7 Å². The van der Waals surface area contributed by atoms with Crippen molar-refractivity contribution in [2.75, 3.05) is 25.0 Å². The highest BCUT2D eigenvalue weighted by Gasteiger charge is 2.21. The van der Waals surface area contributed by atoms with Gasteiger partial charge in [0.05, 0.1) is 0 Å². The zero-order chi connectivity index (χ0) is 11.4. The first-order valence-corrected chi connectivity index (χ1v) is 5.38. The summed E-state index contributed by atoms with van der Waals surface area (Å²) in [5, 5.41) is 15.7. The lowest BCUT2D eigenvalue weighted by Crippen LogP contribution is -2.39.